The molecule has 40 heavy (non-hydrogen) atoms. The van der Waals surface area contributed by atoms with Gasteiger partial charge in [-0.25, -0.2) is 4.98 Å². The summed E-state index contributed by atoms with van der Waals surface area (Å²) in [6.45, 7) is -0.115. The minimum Gasteiger partial charge on any atom is -0.494 e. The smallest absolute Gasteiger partial charge is 0.284 e. The third-order valence-electron chi connectivity index (χ3n) is 7.14. The number of β-amino-alcohol motifs (C(OH)–C–C–N with tert-alkyl or cyclic N) is 1. The third-order valence-corrected chi connectivity index (χ3v) is 10.5. The molecule has 2 aliphatic heterocycles. The number of rotatable bonds is 7. The topological polar surface area (TPSA) is 130 Å². The number of anilines is 1. The first-order valence-corrected chi connectivity index (χ1v) is 14.9. The minimum absolute atomic E-state index is 0.0238. The first kappa shape index (κ1) is 28.3. The Morgan fingerprint density at radius 1 is 1.20 bits per heavy atom. The molecule has 2 aliphatic rings. The van der Waals surface area contributed by atoms with Crippen LogP contribution in [0, 0.1) is 0 Å². The lowest BCUT2D eigenvalue weighted by Crippen LogP contribution is -2.59. The van der Waals surface area contributed by atoms with E-state index in [0.29, 0.717) is 0 Å². The highest BCUT2D eigenvalue weighted by Gasteiger charge is 2.64. The molecule has 0 radical (unpaired) electrons. The molecule has 0 aliphatic carbocycles. The molecular weight excluding hydrogens is 580 g/mol. The van der Waals surface area contributed by atoms with Crippen LogP contribution in [0.4, 0.5) is 5.69 Å². The first-order chi connectivity index (χ1) is 19.0. The maximum atomic E-state index is 15.0. The Kier molecular flexibility index (Phi) is 7.29. The van der Waals surface area contributed by atoms with Gasteiger partial charge in [0.2, 0.25) is 11.8 Å². The van der Waals surface area contributed by atoms with Gasteiger partial charge in [0, 0.05) is 43.0 Å². The van der Waals surface area contributed by atoms with E-state index in [4.69, 9.17) is 21.1 Å². The van der Waals surface area contributed by atoms with Crippen LogP contribution in [0.25, 0.3) is 0 Å². The highest BCUT2D eigenvalue weighted by molar-refractivity contribution is 7.95. The molecule has 0 saturated carbocycles. The van der Waals surface area contributed by atoms with Crippen molar-refractivity contribution in [2.75, 3.05) is 39.2 Å². The number of hydrogen-bond acceptors (Lipinski definition) is 10. The van der Waals surface area contributed by atoms with Crippen molar-refractivity contribution in [2.24, 2.45) is 0 Å². The number of amides is 2. The summed E-state index contributed by atoms with van der Waals surface area (Å²) < 4.78 is 39.9. The average molecular weight is 607 g/mol. The molecule has 1 saturated heterocycles. The van der Waals surface area contributed by atoms with Crippen molar-refractivity contribution in [2.45, 2.75) is 28.3 Å². The van der Waals surface area contributed by atoms with E-state index in [0.717, 1.165) is 15.6 Å². The van der Waals surface area contributed by atoms with Gasteiger partial charge in [0.15, 0.2) is 9.75 Å². The van der Waals surface area contributed by atoms with Gasteiger partial charge >= 0.3 is 0 Å². The number of carbonyl (C=O) groups excluding carboxylic acids is 2. The van der Waals surface area contributed by atoms with Crippen LogP contribution in [0.3, 0.4) is 0 Å². The number of likely N-dealkylation sites (tertiary alicyclic amines) is 1. The number of halogens is 1. The fourth-order valence-corrected chi connectivity index (χ4v) is 8.50. The van der Waals surface area contributed by atoms with Gasteiger partial charge in [0.1, 0.15) is 5.75 Å². The lowest BCUT2D eigenvalue weighted by Gasteiger charge is -2.41. The zero-order valence-electron chi connectivity index (χ0n) is 22.1. The molecule has 5 rings (SSSR count). The predicted octanol–water partition coefficient (Wildman–Crippen LogP) is 2.32. The van der Waals surface area contributed by atoms with Crippen LogP contribution in [0.1, 0.15) is 17.5 Å². The second kappa shape index (κ2) is 10.3. The van der Waals surface area contributed by atoms with E-state index < -0.39 is 33.6 Å². The Labute approximate surface area is 240 Å². The van der Waals surface area contributed by atoms with Crippen molar-refractivity contribution >= 4 is 50.5 Å². The number of nitrogens with zero attached hydrogens (tertiary/aromatic N) is 4. The monoisotopic (exact) mass is 606 g/mol. The fraction of sp³-hybridized carbons (Fsp3) is 0.346. The molecule has 3 aromatic rings. The molecule has 3 atom stereocenters. The van der Waals surface area contributed by atoms with E-state index in [1.54, 1.807) is 31.6 Å². The number of aliphatic hydroxyl groups excluding tert-OH is 1. The second-order valence-corrected chi connectivity index (χ2v) is 12.9. The summed E-state index contributed by atoms with van der Waals surface area (Å²) in [6.07, 6.45) is 0.517. The Morgan fingerprint density at radius 3 is 2.62 bits per heavy atom. The molecule has 2 aromatic heterocycles. The number of carbonyl (C=O) groups is 2. The number of hydrogen-bond donors (Lipinski definition) is 1. The third kappa shape index (κ3) is 4.06. The number of pyridine rings is 1. The maximum Gasteiger partial charge on any atom is 0.284 e. The number of methoxy groups -OCH3 is 2. The van der Waals surface area contributed by atoms with E-state index in [9.17, 15) is 23.1 Å². The first-order valence-electron chi connectivity index (χ1n) is 12.2. The van der Waals surface area contributed by atoms with Gasteiger partial charge < -0.3 is 19.5 Å². The van der Waals surface area contributed by atoms with E-state index in [1.165, 1.54) is 54.5 Å². The Bertz CT molecular complexity index is 1600. The summed E-state index contributed by atoms with van der Waals surface area (Å²) in [6, 6.07) is 8.15. The Hall–Kier alpha value is -3.23. The number of sulfonamides is 1. The average Bonchev–Trinajstić information content (AvgIpc) is 3.63. The molecule has 1 fully saturated rings. The molecule has 0 bridgehead atoms. The van der Waals surface area contributed by atoms with Crippen molar-refractivity contribution < 1.29 is 32.6 Å². The summed E-state index contributed by atoms with van der Waals surface area (Å²) in [5.41, 5.74) is -1.49. The summed E-state index contributed by atoms with van der Waals surface area (Å²) >= 11 is 7.38. The van der Waals surface area contributed by atoms with Gasteiger partial charge in [0.05, 0.1) is 32.1 Å². The number of likely N-dealkylation sites (N-methyl/N-ethyl adjacent to an activating group) is 1. The zero-order valence-corrected chi connectivity index (χ0v) is 24.5. The summed E-state index contributed by atoms with van der Waals surface area (Å²) in [7, 11) is 1.35. The number of thiophene rings is 1. The van der Waals surface area contributed by atoms with E-state index in [1.807, 2.05) is 0 Å². The van der Waals surface area contributed by atoms with Gasteiger partial charge in [0.25, 0.3) is 15.9 Å². The zero-order chi connectivity index (χ0) is 29.0. The molecule has 212 valence electrons. The lowest BCUT2D eigenvalue weighted by atomic mass is 9.81. The van der Waals surface area contributed by atoms with Crippen molar-refractivity contribution in [1.82, 2.24) is 14.8 Å². The molecule has 1 N–H and O–H groups in total. The van der Waals surface area contributed by atoms with Gasteiger partial charge in [-0.1, -0.05) is 11.6 Å². The number of aliphatic hydroxyl groups is 1. The molecule has 2 amide bonds. The van der Waals surface area contributed by atoms with Crippen LogP contribution in [0.15, 0.2) is 52.2 Å². The van der Waals surface area contributed by atoms with Gasteiger partial charge in [-0.15, -0.1) is 11.3 Å². The second-order valence-electron chi connectivity index (χ2n) is 9.57. The number of aromatic nitrogens is 1. The molecule has 14 heteroatoms. The molecule has 4 heterocycles. The number of benzene rings is 1. The van der Waals surface area contributed by atoms with Crippen molar-refractivity contribution in [3.63, 3.8) is 0 Å². The molecule has 1 aromatic carbocycles. The minimum atomic E-state index is -4.52. The van der Waals surface area contributed by atoms with Crippen molar-refractivity contribution in [3.8, 4) is 11.6 Å². The molecule has 0 spiro atoms. The van der Waals surface area contributed by atoms with E-state index >= 15 is 0 Å². The van der Waals surface area contributed by atoms with Crippen molar-refractivity contribution in [3.05, 3.63) is 64.1 Å². The summed E-state index contributed by atoms with van der Waals surface area (Å²) in [5, 5.41) is 12.6. The normalized spacial score (nSPS) is 22.9. The number of fused-ring (bicyclic) bond motifs is 1. The lowest BCUT2D eigenvalue weighted by molar-refractivity contribution is -0.138. The van der Waals surface area contributed by atoms with Crippen LogP contribution in [-0.2, 0) is 25.2 Å². The number of ether oxygens (including phenoxy) is 2. The Morgan fingerprint density at radius 2 is 1.95 bits per heavy atom. The van der Waals surface area contributed by atoms with Crippen LogP contribution in [0.5, 0.6) is 11.6 Å². The summed E-state index contributed by atoms with van der Waals surface area (Å²) in [5.74, 6) is -1.12. The SMILES string of the molecule is COc1ccsc1S(=O)(=O)N1C(=O)C(c2cccnc2OC)(N2C[C@H](O)C[C@H]2C(=O)N(C)C)c2cc(Cl)ccc21. The van der Waals surface area contributed by atoms with E-state index in [-0.39, 0.29) is 56.5 Å². The summed E-state index contributed by atoms with van der Waals surface area (Å²) in [4.78, 5) is 35.6. The van der Waals surface area contributed by atoms with Crippen LogP contribution >= 0.6 is 22.9 Å². The van der Waals surface area contributed by atoms with Gasteiger partial charge in [-0.3, -0.25) is 14.5 Å². The predicted molar refractivity (Wildman–Crippen MR) is 148 cm³/mol. The maximum absolute atomic E-state index is 15.0. The van der Waals surface area contributed by atoms with Crippen LogP contribution in [0.2, 0.25) is 5.02 Å². The quantitative estimate of drug-likeness (QED) is 0.431. The van der Waals surface area contributed by atoms with Gasteiger partial charge in [-0.05, 0) is 48.2 Å². The van der Waals surface area contributed by atoms with Crippen molar-refractivity contribution in [1.29, 1.82) is 0 Å². The molecular formula is C26H27ClN4O7S2. The highest BCUT2D eigenvalue weighted by atomic mass is 35.5. The highest BCUT2D eigenvalue weighted by Crippen LogP contribution is 2.55. The van der Waals surface area contributed by atoms with Crippen LogP contribution in [-0.4, -0.2) is 87.1 Å². The van der Waals surface area contributed by atoms with Gasteiger partial charge in [-0.2, -0.15) is 12.7 Å². The van der Waals surface area contributed by atoms with Crippen LogP contribution < -0.4 is 13.8 Å². The van der Waals surface area contributed by atoms with E-state index in [2.05, 4.69) is 4.98 Å². The largest absolute Gasteiger partial charge is 0.494 e. The molecule has 11 nitrogen and oxygen atoms in total. The Balaban J connectivity index is 1.88. The molecule has 1 unspecified atom stereocenters. The standard InChI is InChI=1S/C26H27ClN4O7S2/c1-29(2)23(33)20-13-16(32)14-30(20)26(17-6-5-10-28-22(17)38-4)18-12-15(27)7-8-19(18)31(25(26)34)40(35,36)24-21(37-3)9-11-39-24/h5-12,16,20,32H,13-14H2,1-4H3/t16-,20+,26?/m1/s1. The fourth-order valence-electron chi connectivity index (χ4n) is 5.53.